The molecule has 0 saturated carbocycles. The van der Waals surface area contributed by atoms with E-state index in [1.54, 1.807) is 48.5 Å². The number of benzene rings is 2. The number of rotatable bonds is 7. The molecule has 0 amide bonds. The van der Waals surface area contributed by atoms with E-state index in [-0.39, 0.29) is 17.9 Å². The van der Waals surface area contributed by atoms with Crippen molar-refractivity contribution in [3.63, 3.8) is 0 Å². The Morgan fingerprint density at radius 2 is 1.74 bits per heavy atom. The summed E-state index contributed by atoms with van der Waals surface area (Å²) in [4.78, 5) is 36.9. The zero-order chi connectivity index (χ0) is 22.5. The van der Waals surface area contributed by atoms with Gasteiger partial charge in [0.15, 0.2) is 0 Å². The maximum absolute atomic E-state index is 12.6. The molecule has 0 aliphatic heterocycles. The summed E-state index contributed by atoms with van der Waals surface area (Å²) in [5.74, 6) is -3.15. The van der Waals surface area contributed by atoms with E-state index in [9.17, 15) is 23.2 Å². The Morgan fingerprint density at radius 3 is 2.42 bits per heavy atom. The number of anilines is 2. The van der Waals surface area contributed by atoms with Crippen molar-refractivity contribution in [2.75, 3.05) is 5.32 Å². The van der Waals surface area contributed by atoms with E-state index in [0.29, 0.717) is 28.0 Å². The summed E-state index contributed by atoms with van der Waals surface area (Å²) >= 11 is 0.447. The van der Waals surface area contributed by atoms with Gasteiger partial charge < -0.3 is 10.1 Å². The number of halogens is 2. The molecule has 162 valence electrons. The van der Waals surface area contributed by atoms with Crippen molar-refractivity contribution in [2.45, 2.75) is 17.3 Å². The van der Waals surface area contributed by atoms with Crippen molar-refractivity contribution >= 4 is 29.1 Å². The molecule has 0 radical (unpaired) electrons. The van der Waals surface area contributed by atoms with Gasteiger partial charge in [-0.25, -0.2) is 9.59 Å². The van der Waals surface area contributed by atoms with Crippen molar-refractivity contribution in [2.24, 2.45) is 14.1 Å². The van der Waals surface area contributed by atoms with Gasteiger partial charge in [-0.3, -0.25) is 13.9 Å². The van der Waals surface area contributed by atoms with Gasteiger partial charge in [-0.1, -0.05) is 23.9 Å². The Bertz CT molecular complexity index is 1210. The number of carbonyl (C=O) groups is 1. The zero-order valence-electron chi connectivity index (χ0n) is 16.7. The third-order valence-corrected chi connectivity index (χ3v) is 5.20. The molecule has 1 N–H and O–H groups in total. The molecule has 3 aromatic rings. The first-order valence-corrected chi connectivity index (χ1v) is 9.98. The monoisotopic (exact) mass is 447 g/mol. The van der Waals surface area contributed by atoms with Gasteiger partial charge in [0.25, 0.3) is 11.3 Å². The van der Waals surface area contributed by atoms with Crippen LogP contribution >= 0.6 is 11.8 Å². The average molecular weight is 447 g/mol. The topological polar surface area (TPSA) is 82.3 Å². The van der Waals surface area contributed by atoms with Crippen molar-refractivity contribution in [3.8, 4) is 0 Å². The molecule has 0 spiro atoms. The van der Waals surface area contributed by atoms with Crippen LogP contribution < -0.4 is 16.6 Å². The lowest BCUT2D eigenvalue weighted by atomic mass is 10.1. The van der Waals surface area contributed by atoms with Gasteiger partial charge in [0.05, 0.1) is 16.9 Å². The first kappa shape index (κ1) is 22.3. The summed E-state index contributed by atoms with van der Waals surface area (Å²) in [6.45, 7) is -0.255. The number of alkyl halides is 2. The second-order valence-corrected chi connectivity index (χ2v) is 7.59. The Hall–Kier alpha value is -3.40. The minimum Gasteiger partial charge on any atom is -0.456 e. The number of thioether (sulfide) groups is 1. The van der Waals surface area contributed by atoms with Crippen LogP contribution in [0.2, 0.25) is 0 Å². The molecular weight excluding hydrogens is 428 g/mol. The number of para-hydroxylation sites is 1. The predicted molar refractivity (Wildman–Crippen MR) is 114 cm³/mol. The fourth-order valence-electron chi connectivity index (χ4n) is 2.78. The van der Waals surface area contributed by atoms with Crippen LogP contribution in [0.4, 0.5) is 20.2 Å². The number of carbonyl (C=O) groups excluding carboxylic acids is 1. The van der Waals surface area contributed by atoms with Crippen LogP contribution in [0.25, 0.3) is 0 Å². The molecule has 1 heterocycles. The lowest BCUT2D eigenvalue weighted by molar-refractivity contribution is 0.0464. The molecule has 7 nitrogen and oxygen atoms in total. The first-order valence-electron chi connectivity index (χ1n) is 9.10. The van der Waals surface area contributed by atoms with Crippen LogP contribution in [0.3, 0.4) is 0 Å². The maximum Gasteiger partial charge on any atom is 0.340 e. The summed E-state index contributed by atoms with van der Waals surface area (Å²) < 4.78 is 32.4. The normalized spacial score (nSPS) is 10.9. The lowest BCUT2D eigenvalue weighted by Crippen LogP contribution is -2.38. The summed E-state index contributed by atoms with van der Waals surface area (Å²) in [5, 5.41) is 3.06. The van der Waals surface area contributed by atoms with E-state index in [1.165, 1.54) is 24.7 Å². The summed E-state index contributed by atoms with van der Waals surface area (Å²) in [5.41, 5.74) is 0.549. The number of ether oxygens (including phenoxy) is 1. The van der Waals surface area contributed by atoms with Crippen molar-refractivity contribution < 1.29 is 18.3 Å². The minimum absolute atomic E-state index is 0.238. The Morgan fingerprint density at radius 1 is 1.06 bits per heavy atom. The highest BCUT2D eigenvalue weighted by atomic mass is 32.2. The molecule has 0 atom stereocenters. The Balaban J connectivity index is 1.75. The number of nitrogens with zero attached hydrogens (tertiary/aromatic N) is 2. The molecular formula is C21H19F2N3O4S. The van der Waals surface area contributed by atoms with Gasteiger partial charge in [-0.15, -0.1) is 0 Å². The summed E-state index contributed by atoms with van der Waals surface area (Å²) in [6.07, 6.45) is 0. The zero-order valence-corrected chi connectivity index (χ0v) is 17.5. The van der Waals surface area contributed by atoms with E-state index in [0.717, 1.165) is 4.57 Å². The smallest absolute Gasteiger partial charge is 0.340 e. The highest BCUT2D eigenvalue weighted by Crippen LogP contribution is 2.28. The summed E-state index contributed by atoms with van der Waals surface area (Å²) in [7, 11) is 2.84. The van der Waals surface area contributed by atoms with Gasteiger partial charge in [0.2, 0.25) is 0 Å². The lowest BCUT2D eigenvalue weighted by Gasteiger charge is -2.13. The second-order valence-electron chi connectivity index (χ2n) is 6.52. The van der Waals surface area contributed by atoms with Gasteiger partial charge >= 0.3 is 11.7 Å². The molecule has 1 aromatic heterocycles. The molecule has 2 aromatic carbocycles. The van der Waals surface area contributed by atoms with Crippen LogP contribution in [0, 0.1) is 0 Å². The minimum atomic E-state index is -2.50. The highest BCUT2D eigenvalue weighted by molar-refractivity contribution is 7.99. The molecule has 0 fully saturated rings. The average Bonchev–Trinajstić information content (AvgIpc) is 2.75. The standard InChI is InChI=1S/C21H19F2N3O4S/c1-25-14(11-18(27)26(2)21(25)29)12-30-19(28)16-5-3-4-6-17(16)24-13-7-9-15(10-8-13)31-20(22)23/h3-11,20,24H,12H2,1-2H3. The molecule has 0 bridgehead atoms. The third kappa shape index (κ3) is 5.40. The summed E-state index contributed by atoms with van der Waals surface area (Å²) in [6, 6.07) is 14.2. The molecule has 0 unspecified atom stereocenters. The Labute approximate surface area is 180 Å². The predicted octanol–water partition coefficient (Wildman–Crippen LogP) is 3.50. The number of hydrogen-bond donors (Lipinski definition) is 1. The molecule has 31 heavy (non-hydrogen) atoms. The molecule has 3 rings (SSSR count). The molecule has 10 heteroatoms. The van der Waals surface area contributed by atoms with Crippen LogP contribution in [0.15, 0.2) is 69.1 Å². The fourth-order valence-corrected chi connectivity index (χ4v) is 3.28. The fraction of sp³-hybridized carbons (Fsp3) is 0.190. The van der Waals surface area contributed by atoms with Gasteiger partial charge in [-0.2, -0.15) is 8.78 Å². The van der Waals surface area contributed by atoms with Crippen molar-refractivity contribution in [1.29, 1.82) is 0 Å². The van der Waals surface area contributed by atoms with E-state index < -0.39 is 23.0 Å². The number of esters is 1. The van der Waals surface area contributed by atoms with Gasteiger partial charge in [0, 0.05) is 30.7 Å². The number of nitrogens with one attached hydrogen (secondary N) is 1. The molecule has 0 saturated heterocycles. The largest absolute Gasteiger partial charge is 0.456 e. The maximum atomic E-state index is 12.6. The molecule has 0 aliphatic rings. The number of hydrogen-bond acceptors (Lipinski definition) is 6. The quantitative estimate of drug-likeness (QED) is 0.441. The Kier molecular flexibility index (Phi) is 6.91. The van der Waals surface area contributed by atoms with E-state index in [4.69, 9.17) is 4.74 Å². The van der Waals surface area contributed by atoms with E-state index >= 15 is 0 Å². The SMILES string of the molecule is Cn1c(COC(=O)c2ccccc2Nc2ccc(SC(F)F)cc2)cc(=O)n(C)c1=O. The van der Waals surface area contributed by atoms with Gasteiger partial charge in [0.1, 0.15) is 6.61 Å². The van der Waals surface area contributed by atoms with Gasteiger partial charge in [-0.05, 0) is 36.4 Å². The van der Waals surface area contributed by atoms with Crippen molar-refractivity contribution in [1.82, 2.24) is 9.13 Å². The van der Waals surface area contributed by atoms with Crippen LogP contribution in [0.1, 0.15) is 16.1 Å². The molecule has 0 aliphatic carbocycles. The van der Waals surface area contributed by atoms with Crippen LogP contribution in [-0.4, -0.2) is 20.9 Å². The first-order chi connectivity index (χ1) is 14.8. The van der Waals surface area contributed by atoms with Crippen molar-refractivity contribution in [3.05, 3.63) is 86.7 Å². The van der Waals surface area contributed by atoms with E-state index in [1.807, 2.05) is 0 Å². The van der Waals surface area contributed by atoms with E-state index in [2.05, 4.69) is 5.32 Å². The van der Waals surface area contributed by atoms with Crippen LogP contribution in [-0.2, 0) is 25.4 Å². The third-order valence-electron chi connectivity index (χ3n) is 4.48. The van der Waals surface area contributed by atoms with Crippen LogP contribution in [0.5, 0.6) is 0 Å². The number of aromatic nitrogens is 2. The second kappa shape index (κ2) is 9.61. The highest BCUT2D eigenvalue weighted by Gasteiger charge is 2.15.